The molecule has 31 heavy (non-hydrogen) atoms. The lowest BCUT2D eigenvalue weighted by molar-refractivity contribution is -0.120. The maximum absolute atomic E-state index is 13.1. The number of para-hydroxylation sites is 1. The van der Waals surface area contributed by atoms with Gasteiger partial charge in [-0.2, -0.15) is 4.98 Å². The van der Waals surface area contributed by atoms with Crippen LogP contribution >= 0.6 is 23.4 Å². The third kappa shape index (κ3) is 4.52. The summed E-state index contributed by atoms with van der Waals surface area (Å²) in [7, 11) is 0. The molecule has 3 aromatic rings. The first kappa shape index (κ1) is 21.6. The first-order chi connectivity index (χ1) is 15.0. The minimum atomic E-state index is -0.729. The van der Waals surface area contributed by atoms with Crippen molar-refractivity contribution in [2.75, 3.05) is 10.7 Å². The van der Waals surface area contributed by atoms with Gasteiger partial charge in [0.15, 0.2) is 5.69 Å². The van der Waals surface area contributed by atoms with E-state index < -0.39 is 6.23 Å². The fourth-order valence-electron chi connectivity index (χ4n) is 3.33. The largest absolute Gasteiger partial charge is 0.447 e. The summed E-state index contributed by atoms with van der Waals surface area (Å²) in [6.07, 6.45) is -0.409. The third-order valence-corrected chi connectivity index (χ3v) is 6.26. The molecule has 0 saturated heterocycles. The lowest BCUT2D eigenvalue weighted by Crippen LogP contribution is -2.37. The highest BCUT2D eigenvalue weighted by atomic mass is 35.5. The molecule has 0 saturated carbocycles. The van der Waals surface area contributed by atoms with Gasteiger partial charge in [0.05, 0.1) is 5.69 Å². The van der Waals surface area contributed by atoms with E-state index in [1.54, 1.807) is 17.0 Å². The molecule has 6 nitrogen and oxygen atoms in total. The van der Waals surface area contributed by atoms with Crippen molar-refractivity contribution >= 4 is 35.0 Å². The van der Waals surface area contributed by atoms with Gasteiger partial charge >= 0.3 is 0 Å². The Hall–Kier alpha value is -2.64. The minimum absolute atomic E-state index is 0.0763. The van der Waals surface area contributed by atoms with Crippen LogP contribution < -0.4 is 9.64 Å². The number of ether oxygens (including phenoxy) is 1. The molecular formula is C23H23ClN4O2S. The van der Waals surface area contributed by atoms with Gasteiger partial charge in [-0.3, -0.25) is 9.69 Å². The molecule has 1 aromatic heterocycles. The predicted octanol–water partition coefficient (Wildman–Crippen LogP) is 5.77. The summed E-state index contributed by atoms with van der Waals surface area (Å²) in [6, 6.07) is 14.9. The van der Waals surface area contributed by atoms with Gasteiger partial charge < -0.3 is 4.74 Å². The molecule has 2 heterocycles. The van der Waals surface area contributed by atoms with Crippen LogP contribution in [-0.4, -0.2) is 26.8 Å². The van der Waals surface area contributed by atoms with E-state index in [9.17, 15) is 4.79 Å². The monoisotopic (exact) mass is 454 g/mol. The van der Waals surface area contributed by atoms with Crippen LogP contribution in [0, 0.1) is 5.92 Å². The van der Waals surface area contributed by atoms with E-state index in [-0.39, 0.29) is 5.91 Å². The van der Waals surface area contributed by atoms with Gasteiger partial charge in [0, 0.05) is 28.3 Å². The second-order valence-corrected chi connectivity index (χ2v) is 9.04. The number of hydrogen-bond acceptors (Lipinski definition) is 6. The van der Waals surface area contributed by atoms with Crippen LogP contribution in [0.4, 0.5) is 5.69 Å². The van der Waals surface area contributed by atoms with Gasteiger partial charge in [0.1, 0.15) is 0 Å². The standard InChI is InChI=1S/C23H23ClN4O2S/c1-4-19(29)28-18-11-6-5-10-17(18)20-21(25-23(27-26-20)31-13-14(2)3)30-22(28)15-8-7-9-16(24)12-15/h5-12,14,22H,4,13H2,1-3H3/t22-/m0/s1. The number of aromatic nitrogens is 3. The summed E-state index contributed by atoms with van der Waals surface area (Å²) in [6.45, 7) is 6.11. The van der Waals surface area contributed by atoms with Crippen molar-refractivity contribution in [1.29, 1.82) is 0 Å². The van der Waals surface area contributed by atoms with E-state index in [0.717, 1.165) is 16.9 Å². The van der Waals surface area contributed by atoms with Crippen LogP contribution in [0.25, 0.3) is 11.3 Å². The van der Waals surface area contributed by atoms with Crippen LogP contribution in [0.5, 0.6) is 5.88 Å². The summed E-state index contributed by atoms with van der Waals surface area (Å²) in [4.78, 5) is 19.4. The van der Waals surface area contributed by atoms with Gasteiger partial charge in [0.2, 0.25) is 23.2 Å². The first-order valence-electron chi connectivity index (χ1n) is 10.2. The van der Waals surface area contributed by atoms with Crippen molar-refractivity contribution in [3.8, 4) is 17.1 Å². The maximum Gasteiger partial charge on any atom is 0.247 e. The molecule has 1 aliphatic rings. The molecule has 1 amide bonds. The van der Waals surface area contributed by atoms with E-state index in [2.05, 4.69) is 29.0 Å². The Bertz CT molecular complexity index is 1110. The van der Waals surface area contributed by atoms with Crippen LogP contribution in [-0.2, 0) is 4.79 Å². The van der Waals surface area contributed by atoms with E-state index in [1.807, 2.05) is 43.3 Å². The Balaban J connectivity index is 1.89. The van der Waals surface area contributed by atoms with Crippen molar-refractivity contribution in [3.63, 3.8) is 0 Å². The Kier molecular flexibility index (Phi) is 6.43. The van der Waals surface area contributed by atoms with E-state index >= 15 is 0 Å². The van der Waals surface area contributed by atoms with E-state index in [4.69, 9.17) is 16.3 Å². The average molecular weight is 455 g/mol. The third-order valence-electron chi connectivity index (χ3n) is 4.76. The molecule has 160 valence electrons. The Morgan fingerprint density at radius 1 is 1.19 bits per heavy atom. The van der Waals surface area contributed by atoms with Crippen molar-refractivity contribution in [2.45, 2.75) is 38.6 Å². The number of halogens is 1. The second kappa shape index (κ2) is 9.24. The zero-order valence-corrected chi connectivity index (χ0v) is 19.2. The van der Waals surface area contributed by atoms with Gasteiger partial charge in [0.25, 0.3) is 0 Å². The summed E-state index contributed by atoms with van der Waals surface area (Å²) in [5.74, 6) is 1.64. The van der Waals surface area contributed by atoms with Crippen molar-refractivity contribution in [1.82, 2.24) is 15.2 Å². The molecule has 0 N–H and O–H groups in total. The van der Waals surface area contributed by atoms with Crippen LogP contribution in [0.1, 0.15) is 39.0 Å². The van der Waals surface area contributed by atoms with Gasteiger partial charge in [-0.25, -0.2) is 0 Å². The molecule has 0 aliphatic carbocycles. The molecule has 4 rings (SSSR count). The predicted molar refractivity (Wildman–Crippen MR) is 123 cm³/mol. The maximum atomic E-state index is 13.1. The van der Waals surface area contributed by atoms with E-state index in [0.29, 0.717) is 39.8 Å². The number of rotatable bonds is 5. The zero-order valence-electron chi connectivity index (χ0n) is 17.6. The number of nitrogens with zero attached hydrogens (tertiary/aromatic N) is 4. The first-order valence-corrected chi connectivity index (χ1v) is 11.6. The van der Waals surface area contributed by atoms with E-state index in [1.165, 1.54) is 11.8 Å². The number of carbonyl (C=O) groups excluding carboxylic acids is 1. The zero-order chi connectivity index (χ0) is 22.0. The summed E-state index contributed by atoms with van der Waals surface area (Å²) < 4.78 is 6.38. The highest BCUT2D eigenvalue weighted by molar-refractivity contribution is 7.99. The van der Waals surface area contributed by atoms with Gasteiger partial charge in [-0.15, -0.1) is 10.2 Å². The number of anilines is 1. The second-order valence-electron chi connectivity index (χ2n) is 7.61. The minimum Gasteiger partial charge on any atom is -0.447 e. The van der Waals surface area contributed by atoms with Crippen LogP contribution in [0.15, 0.2) is 53.7 Å². The summed E-state index contributed by atoms with van der Waals surface area (Å²) in [5.41, 5.74) is 2.73. The molecule has 1 atom stereocenters. The van der Waals surface area contributed by atoms with Crippen molar-refractivity contribution in [2.24, 2.45) is 5.92 Å². The lowest BCUT2D eigenvalue weighted by Gasteiger charge is -2.30. The fourth-order valence-corrected chi connectivity index (χ4v) is 4.26. The van der Waals surface area contributed by atoms with Crippen LogP contribution in [0.2, 0.25) is 5.02 Å². The molecule has 0 bridgehead atoms. The average Bonchev–Trinajstić information content (AvgIpc) is 2.91. The summed E-state index contributed by atoms with van der Waals surface area (Å²) >= 11 is 7.80. The van der Waals surface area contributed by atoms with Gasteiger partial charge in [-0.05, 0) is 24.1 Å². The molecule has 1 aliphatic heterocycles. The molecule has 8 heteroatoms. The lowest BCUT2D eigenvalue weighted by atomic mass is 10.1. The number of hydrogen-bond donors (Lipinski definition) is 0. The Labute approximate surface area is 191 Å². The number of amides is 1. The number of thioether (sulfide) groups is 1. The Morgan fingerprint density at radius 3 is 2.74 bits per heavy atom. The number of benzene rings is 2. The quantitative estimate of drug-likeness (QED) is 0.455. The SMILES string of the molecule is CCC(=O)N1c2ccccc2-c2nnc(SCC(C)C)nc2O[C@H]1c1cccc(Cl)c1. The van der Waals surface area contributed by atoms with Crippen LogP contribution in [0.3, 0.4) is 0 Å². The highest BCUT2D eigenvalue weighted by Crippen LogP contribution is 2.43. The molecule has 0 radical (unpaired) electrons. The Morgan fingerprint density at radius 2 is 2.00 bits per heavy atom. The highest BCUT2D eigenvalue weighted by Gasteiger charge is 2.35. The number of carbonyl (C=O) groups is 1. The molecule has 0 unspecified atom stereocenters. The van der Waals surface area contributed by atoms with Crippen molar-refractivity contribution in [3.05, 3.63) is 59.1 Å². The fraction of sp³-hybridized carbons (Fsp3) is 0.304. The van der Waals surface area contributed by atoms with Gasteiger partial charge in [-0.1, -0.05) is 74.5 Å². The molecule has 0 fully saturated rings. The topological polar surface area (TPSA) is 68.2 Å². The van der Waals surface area contributed by atoms with Crippen molar-refractivity contribution < 1.29 is 9.53 Å². The summed E-state index contributed by atoms with van der Waals surface area (Å²) in [5, 5.41) is 9.86. The number of fused-ring (bicyclic) bond motifs is 3. The normalized spacial score (nSPS) is 15.1. The molecule has 0 spiro atoms. The molecular weight excluding hydrogens is 432 g/mol. The smallest absolute Gasteiger partial charge is 0.247 e. The molecule has 2 aromatic carbocycles.